The highest BCUT2D eigenvalue weighted by Gasteiger charge is 2.18. The van der Waals surface area contributed by atoms with Crippen LogP contribution < -0.4 is 4.74 Å². The number of rotatable bonds is 2. The number of hydrogen-bond donors (Lipinski definition) is 0. The van der Waals surface area contributed by atoms with Crippen LogP contribution in [-0.4, -0.2) is 12.1 Å². The summed E-state index contributed by atoms with van der Waals surface area (Å²) in [6.45, 7) is 0. The summed E-state index contributed by atoms with van der Waals surface area (Å²) in [4.78, 5) is 3.47. The lowest BCUT2D eigenvalue weighted by Crippen LogP contribution is -1.95. The van der Waals surface area contributed by atoms with Crippen molar-refractivity contribution in [2.45, 2.75) is 6.43 Å². The van der Waals surface area contributed by atoms with Gasteiger partial charge < -0.3 is 4.74 Å². The Kier molecular flexibility index (Phi) is 3.44. The van der Waals surface area contributed by atoms with E-state index >= 15 is 0 Å². The molecule has 1 aromatic rings. The quantitative estimate of drug-likeness (QED) is 0.823. The molecule has 13 heavy (non-hydrogen) atoms. The van der Waals surface area contributed by atoms with E-state index in [1.807, 2.05) is 0 Å². The van der Waals surface area contributed by atoms with E-state index in [0.717, 1.165) is 0 Å². The number of nitrogens with zero attached hydrogens (tertiary/aromatic N) is 1. The predicted octanol–water partition coefficient (Wildman–Crippen LogP) is 3.44. The van der Waals surface area contributed by atoms with Crippen molar-refractivity contribution in [3.05, 3.63) is 21.4 Å². The summed E-state index contributed by atoms with van der Waals surface area (Å²) in [5.74, 6) is 0.328. The van der Waals surface area contributed by atoms with Gasteiger partial charge in [0.05, 0.1) is 22.8 Å². The first-order valence-electron chi connectivity index (χ1n) is 3.24. The van der Waals surface area contributed by atoms with Gasteiger partial charge in [-0.15, -0.1) is 0 Å². The predicted molar refractivity (Wildman–Crippen MR) is 48.5 cm³/mol. The summed E-state index contributed by atoms with van der Waals surface area (Å²) in [5, 5.41) is -0.116. The van der Waals surface area contributed by atoms with Gasteiger partial charge >= 0.3 is 0 Å². The van der Waals surface area contributed by atoms with E-state index in [1.165, 1.54) is 13.3 Å². The van der Waals surface area contributed by atoms with Crippen molar-refractivity contribution in [1.29, 1.82) is 0 Å². The van der Waals surface area contributed by atoms with Gasteiger partial charge in [-0.05, 0) is 15.9 Å². The molecule has 0 saturated heterocycles. The minimum Gasteiger partial charge on any atom is -0.494 e. The maximum atomic E-state index is 12.2. The van der Waals surface area contributed by atoms with Crippen LogP contribution in [0, 0.1) is 0 Å². The minimum atomic E-state index is -2.69. The van der Waals surface area contributed by atoms with E-state index in [2.05, 4.69) is 20.9 Å². The lowest BCUT2D eigenvalue weighted by atomic mass is 10.3. The maximum absolute atomic E-state index is 12.2. The molecular formula is C7H5BrClF2NO. The summed E-state index contributed by atoms with van der Waals surface area (Å²) >= 11 is 8.63. The van der Waals surface area contributed by atoms with E-state index in [9.17, 15) is 8.78 Å². The van der Waals surface area contributed by atoms with Crippen LogP contribution in [0.1, 0.15) is 12.1 Å². The summed E-state index contributed by atoms with van der Waals surface area (Å²) in [5.41, 5.74) is -0.450. The number of pyridine rings is 1. The normalized spacial score (nSPS) is 10.6. The molecule has 0 atom stereocenters. The van der Waals surface area contributed by atoms with E-state index in [0.29, 0.717) is 10.2 Å². The smallest absolute Gasteiger partial charge is 0.281 e. The Labute approximate surface area is 87.0 Å². The molecule has 0 amide bonds. The average Bonchev–Trinajstić information content (AvgIpc) is 2.09. The Bertz CT molecular complexity index is 322. The van der Waals surface area contributed by atoms with Crippen molar-refractivity contribution in [2.75, 3.05) is 7.11 Å². The number of aromatic nitrogens is 1. The van der Waals surface area contributed by atoms with Crippen molar-refractivity contribution in [1.82, 2.24) is 4.98 Å². The molecule has 0 aliphatic rings. The van der Waals surface area contributed by atoms with Gasteiger partial charge in [0.25, 0.3) is 6.43 Å². The second-order valence-electron chi connectivity index (χ2n) is 2.14. The molecule has 0 radical (unpaired) electrons. The molecule has 1 heterocycles. The molecule has 72 valence electrons. The summed E-state index contributed by atoms with van der Waals surface area (Å²) in [6, 6.07) is 0. The highest BCUT2D eigenvalue weighted by Crippen LogP contribution is 2.36. The zero-order valence-corrected chi connectivity index (χ0v) is 8.86. The first kappa shape index (κ1) is 10.7. The van der Waals surface area contributed by atoms with Crippen LogP contribution >= 0.6 is 27.5 Å². The zero-order chi connectivity index (χ0) is 10.0. The molecule has 0 aliphatic heterocycles. The van der Waals surface area contributed by atoms with Crippen molar-refractivity contribution in [2.24, 2.45) is 0 Å². The number of methoxy groups -OCH3 is 1. The molecule has 0 bridgehead atoms. The van der Waals surface area contributed by atoms with E-state index < -0.39 is 12.1 Å². The minimum absolute atomic E-state index is 0.116. The first-order chi connectivity index (χ1) is 6.07. The SMILES string of the molecule is COc1cnc(C(F)F)c(Cl)c1Br. The largest absolute Gasteiger partial charge is 0.494 e. The third-order valence-corrected chi connectivity index (χ3v) is 2.78. The fourth-order valence-electron chi connectivity index (χ4n) is 0.757. The fourth-order valence-corrected chi connectivity index (χ4v) is 1.45. The first-order valence-corrected chi connectivity index (χ1v) is 4.41. The summed E-state index contributed by atoms with van der Waals surface area (Å²) < 4.78 is 29.6. The monoisotopic (exact) mass is 271 g/mol. The number of hydrogen-bond acceptors (Lipinski definition) is 2. The molecule has 6 heteroatoms. The number of halogens is 4. The zero-order valence-electron chi connectivity index (χ0n) is 6.52. The Morgan fingerprint density at radius 3 is 2.69 bits per heavy atom. The maximum Gasteiger partial charge on any atom is 0.281 e. The van der Waals surface area contributed by atoms with Crippen molar-refractivity contribution in [3.63, 3.8) is 0 Å². The highest BCUT2D eigenvalue weighted by atomic mass is 79.9. The lowest BCUT2D eigenvalue weighted by molar-refractivity contribution is 0.146. The van der Waals surface area contributed by atoms with Crippen molar-refractivity contribution in [3.8, 4) is 5.75 Å². The molecule has 0 saturated carbocycles. The van der Waals surface area contributed by atoms with Gasteiger partial charge in [-0.2, -0.15) is 0 Å². The van der Waals surface area contributed by atoms with Crippen LogP contribution in [0.25, 0.3) is 0 Å². The Morgan fingerprint density at radius 2 is 2.23 bits per heavy atom. The van der Waals surface area contributed by atoms with Crippen molar-refractivity contribution >= 4 is 27.5 Å². The second kappa shape index (κ2) is 4.19. The standard InChI is InChI=1S/C7H5BrClF2NO/c1-13-3-2-12-6(7(10)11)5(9)4(3)8/h2,7H,1H3. The van der Waals surface area contributed by atoms with Gasteiger partial charge in [0.1, 0.15) is 5.69 Å². The summed E-state index contributed by atoms with van der Waals surface area (Å²) in [6.07, 6.45) is -1.49. The molecule has 2 nitrogen and oxygen atoms in total. The molecule has 0 aliphatic carbocycles. The molecule has 1 rings (SSSR count). The average molecular weight is 272 g/mol. The Morgan fingerprint density at radius 1 is 1.62 bits per heavy atom. The lowest BCUT2D eigenvalue weighted by Gasteiger charge is -2.07. The van der Waals surface area contributed by atoms with Gasteiger partial charge in [0.15, 0.2) is 5.75 Å². The highest BCUT2D eigenvalue weighted by molar-refractivity contribution is 9.10. The van der Waals surface area contributed by atoms with Gasteiger partial charge in [0, 0.05) is 0 Å². The van der Waals surface area contributed by atoms with E-state index in [4.69, 9.17) is 16.3 Å². The number of ether oxygens (including phenoxy) is 1. The van der Waals surface area contributed by atoms with E-state index in [-0.39, 0.29) is 5.02 Å². The van der Waals surface area contributed by atoms with Crippen LogP contribution in [0.2, 0.25) is 5.02 Å². The third-order valence-electron chi connectivity index (χ3n) is 1.38. The molecule has 0 aromatic carbocycles. The fraction of sp³-hybridized carbons (Fsp3) is 0.286. The van der Waals surface area contributed by atoms with Gasteiger partial charge in [0.2, 0.25) is 0 Å². The van der Waals surface area contributed by atoms with E-state index in [1.54, 1.807) is 0 Å². The summed E-state index contributed by atoms with van der Waals surface area (Å²) in [7, 11) is 1.40. The van der Waals surface area contributed by atoms with Crippen molar-refractivity contribution < 1.29 is 13.5 Å². The molecule has 0 N–H and O–H groups in total. The Hall–Kier alpha value is -0.420. The molecule has 0 spiro atoms. The van der Waals surface area contributed by atoms with Crippen LogP contribution in [0.15, 0.2) is 10.7 Å². The molecule has 0 fully saturated rings. The van der Waals surface area contributed by atoms with Crippen LogP contribution in [0.4, 0.5) is 8.78 Å². The molecule has 0 unspecified atom stereocenters. The van der Waals surface area contributed by atoms with Crippen LogP contribution in [-0.2, 0) is 0 Å². The third kappa shape index (κ3) is 2.08. The number of alkyl halides is 2. The van der Waals surface area contributed by atoms with Crippen LogP contribution in [0.5, 0.6) is 5.75 Å². The molecular weight excluding hydrogens is 267 g/mol. The van der Waals surface area contributed by atoms with Gasteiger partial charge in [-0.25, -0.2) is 13.8 Å². The topological polar surface area (TPSA) is 22.1 Å². The molecule has 1 aromatic heterocycles. The Balaban J connectivity index is 3.23. The van der Waals surface area contributed by atoms with Crippen LogP contribution in [0.3, 0.4) is 0 Å². The van der Waals surface area contributed by atoms with Gasteiger partial charge in [-0.1, -0.05) is 11.6 Å². The van der Waals surface area contributed by atoms with Gasteiger partial charge in [-0.3, -0.25) is 0 Å². The second-order valence-corrected chi connectivity index (χ2v) is 3.31.